The molecular weight excluding hydrogens is 394 g/mol. The van der Waals surface area contributed by atoms with Crippen molar-refractivity contribution in [2.75, 3.05) is 0 Å². The molecule has 1 unspecified atom stereocenters. The van der Waals surface area contributed by atoms with Gasteiger partial charge in [-0.15, -0.1) is 0 Å². The molecule has 5 heteroatoms. The summed E-state index contributed by atoms with van der Waals surface area (Å²) in [5, 5.41) is 0.718. The maximum Gasteiger partial charge on any atom is 0.223 e. The maximum absolute atomic E-state index is 13.3. The first kappa shape index (κ1) is 18.2. The Balaban J connectivity index is 1.44. The summed E-state index contributed by atoms with van der Waals surface area (Å²) in [6.45, 7) is 0. The zero-order valence-corrected chi connectivity index (χ0v) is 17.6. The number of carbonyl (C=O) groups is 1. The fourth-order valence-electron chi connectivity index (χ4n) is 6.14. The number of aromatic nitrogens is 2. The number of imidazole rings is 1. The number of amides is 1. The van der Waals surface area contributed by atoms with Crippen LogP contribution in [-0.4, -0.2) is 32.4 Å². The summed E-state index contributed by atoms with van der Waals surface area (Å²) in [5.41, 5.74) is 3.06. The highest BCUT2D eigenvalue weighted by molar-refractivity contribution is 6.30. The summed E-state index contributed by atoms with van der Waals surface area (Å²) in [7, 11) is 0. The second-order valence-corrected chi connectivity index (χ2v) is 9.23. The predicted octanol–water partition coefficient (Wildman–Crippen LogP) is 5.24. The van der Waals surface area contributed by atoms with Crippen molar-refractivity contribution in [3.8, 4) is 11.4 Å². The van der Waals surface area contributed by atoms with E-state index >= 15 is 0 Å². The molecule has 1 atom stereocenters. The molecule has 2 fully saturated rings. The van der Waals surface area contributed by atoms with Crippen LogP contribution in [0.15, 0.2) is 60.9 Å². The topological polar surface area (TPSA) is 38.1 Å². The van der Waals surface area contributed by atoms with Gasteiger partial charge in [0.05, 0.1) is 5.54 Å². The van der Waals surface area contributed by atoms with Crippen LogP contribution in [0.4, 0.5) is 0 Å². The Morgan fingerprint density at radius 3 is 2.47 bits per heavy atom. The highest BCUT2D eigenvalue weighted by atomic mass is 35.5. The van der Waals surface area contributed by atoms with Crippen LogP contribution in [0, 0.1) is 0 Å². The number of benzene rings is 2. The van der Waals surface area contributed by atoms with E-state index < -0.39 is 5.54 Å². The molecule has 152 valence electrons. The molecular formula is C25H24ClN3O. The normalized spacial score (nSPS) is 26.1. The van der Waals surface area contributed by atoms with E-state index in [1.54, 1.807) is 0 Å². The largest absolute Gasteiger partial charge is 0.337 e. The SMILES string of the molecule is O=C(CCC1(c2ccc(Cl)cc2)c2ccccc2-c2nccn21)N1[C@H]2CC[C@@H]1CC2. The first-order valence-corrected chi connectivity index (χ1v) is 11.3. The van der Waals surface area contributed by atoms with E-state index in [2.05, 4.69) is 50.8 Å². The monoisotopic (exact) mass is 417 g/mol. The van der Waals surface area contributed by atoms with Gasteiger partial charge in [-0.1, -0.05) is 48.0 Å². The molecule has 3 aromatic rings. The van der Waals surface area contributed by atoms with Crippen molar-refractivity contribution in [1.29, 1.82) is 0 Å². The lowest BCUT2D eigenvalue weighted by Crippen LogP contribution is -2.38. The van der Waals surface area contributed by atoms with Crippen molar-refractivity contribution in [1.82, 2.24) is 14.5 Å². The first-order chi connectivity index (χ1) is 14.7. The van der Waals surface area contributed by atoms with Crippen molar-refractivity contribution in [3.63, 3.8) is 0 Å². The molecule has 4 heterocycles. The molecule has 3 aliphatic rings. The van der Waals surface area contributed by atoms with Crippen molar-refractivity contribution in [2.45, 2.75) is 56.1 Å². The minimum absolute atomic E-state index is 0.305. The van der Waals surface area contributed by atoms with Gasteiger partial charge in [0.1, 0.15) is 5.82 Å². The third kappa shape index (κ3) is 2.46. The summed E-state index contributed by atoms with van der Waals surface area (Å²) in [4.78, 5) is 20.2. The lowest BCUT2D eigenvalue weighted by atomic mass is 9.79. The zero-order valence-electron chi connectivity index (χ0n) is 16.8. The molecule has 4 nitrogen and oxygen atoms in total. The molecule has 2 aromatic carbocycles. The average molecular weight is 418 g/mol. The Labute approximate surface area is 181 Å². The number of hydrogen-bond donors (Lipinski definition) is 0. The number of fused-ring (bicyclic) bond motifs is 5. The van der Waals surface area contributed by atoms with Crippen LogP contribution >= 0.6 is 11.6 Å². The van der Waals surface area contributed by atoms with E-state index in [1.165, 1.54) is 31.2 Å². The fraction of sp³-hybridized carbons (Fsp3) is 0.360. The lowest BCUT2D eigenvalue weighted by molar-refractivity contribution is -0.132. The molecule has 30 heavy (non-hydrogen) atoms. The predicted molar refractivity (Wildman–Crippen MR) is 117 cm³/mol. The second kappa shape index (κ2) is 6.71. The third-order valence-electron chi connectivity index (χ3n) is 7.43. The van der Waals surface area contributed by atoms with Crippen LogP contribution in [0.5, 0.6) is 0 Å². The summed E-state index contributed by atoms with van der Waals surface area (Å²) >= 11 is 6.22. The van der Waals surface area contributed by atoms with Gasteiger partial charge in [0, 0.05) is 41.5 Å². The molecule has 0 aliphatic carbocycles. The number of nitrogens with zero attached hydrogens (tertiary/aromatic N) is 3. The molecule has 2 bridgehead atoms. The van der Waals surface area contributed by atoms with E-state index in [0.29, 0.717) is 30.8 Å². The van der Waals surface area contributed by atoms with Crippen LogP contribution in [0.3, 0.4) is 0 Å². The Morgan fingerprint density at radius 2 is 1.73 bits per heavy atom. The Kier molecular flexibility index (Phi) is 4.07. The van der Waals surface area contributed by atoms with Gasteiger partial charge >= 0.3 is 0 Å². The van der Waals surface area contributed by atoms with Gasteiger partial charge in [-0.25, -0.2) is 4.98 Å². The van der Waals surface area contributed by atoms with Crippen LogP contribution in [0.1, 0.15) is 49.7 Å². The molecule has 1 aromatic heterocycles. The van der Waals surface area contributed by atoms with Crippen molar-refractivity contribution >= 4 is 17.5 Å². The smallest absolute Gasteiger partial charge is 0.223 e. The highest BCUT2D eigenvalue weighted by Gasteiger charge is 2.47. The number of halogens is 1. The van der Waals surface area contributed by atoms with Gasteiger partial charge in [0.2, 0.25) is 5.91 Å². The fourth-order valence-corrected chi connectivity index (χ4v) is 6.26. The quantitative estimate of drug-likeness (QED) is 0.582. The number of hydrogen-bond acceptors (Lipinski definition) is 2. The van der Waals surface area contributed by atoms with E-state index in [-0.39, 0.29) is 0 Å². The van der Waals surface area contributed by atoms with E-state index in [9.17, 15) is 4.79 Å². The van der Waals surface area contributed by atoms with Crippen LogP contribution < -0.4 is 0 Å². The molecule has 0 N–H and O–H groups in total. The summed E-state index contributed by atoms with van der Waals surface area (Å²) < 4.78 is 2.26. The van der Waals surface area contributed by atoms with Crippen LogP contribution in [0.2, 0.25) is 5.02 Å². The van der Waals surface area contributed by atoms with Crippen molar-refractivity contribution in [3.05, 3.63) is 77.1 Å². The molecule has 6 rings (SSSR count). The third-order valence-corrected chi connectivity index (χ3v) is 7.68. The van der Waals surface area contributed by atoms with Crippen molar-refractivity contribution < 1.29 is 4.79 Å². The van der Waals surface area contributed by atoms with Gasteiger partial charge < -0.3 is 9.47 Å². The molecule has 0 spiro atoms. The molecule has 0 saturated carbocycles. The minimum atomic E-state index is -0.443. The minimum Gasteiger partial charge on any atom is -0.337 e. The van der Waals surface area contributed by atoms with Crippen LogP contribution in [-0.2, 0) is 10.3 Å². The van der Waals surface area contributed by atoms with E-state index in [0.717, 1.165) is 22.0 Å². The Morgan fingerprint density at radius 1 is 1.03 bits per heavy atom. The number of rotatable bonds is 4. The van der Waals surface area contributed by atoms with Gasteiger partial charge in [-0.3, -0.25) is 4.79 Å². The highest BCUT2D eigenvalue weighted by Crippen LogP contribution is 2.50. The van der Waals surface area contributed by atoms with Gasteiger partial charge in [-0.05, 0) is 55.4 Å². The molecule has 1 amide bonds. The molecule has 3 aliphatic heterocycles. The Hall–Kier alpha value is -2.59. The summed E-state index contributed by atoms with van der Waals surface area (Å²) in [5.74, 6) is 1.27. The summed E-state index contributed by atoms with van der Waals surface area (Å²) in [6.07, 6.45) is 9.85. The Bertz CT molecular complexity index is 1100. The molecule has 0 radical (unpaired) electrons. The van der Waals surface area contributed by atoms with E-state index in [4.69, 9.17) is 11.6 Å². The van der Waals surface area contributed by atoms with Crippen molar-refractivity contribution in [2.24, 2.45) is 0 Å². The number of carbonyl (C=O) groups excluding carboxylic acids is 1. The van der Waals surface area contributed by atoms with Gasteiger partial charge in [0.15, 0.2) is 0 Å². The average Bonchev–Trinajstić information content (AvgIpc) is 3.54. The van der Waals surface area contributed by atoms with E-state index in [1.807, 2.05) is 24.5 Å². The van der Waals surface area contributed by atoms with Gasteiger partial charge in [-0.2, -0.15) is 0 Å². The first-order valence-electron chi connectivity index (χ1n) is 10.9. The standard InChI is InChI=1S/C25H24ClN3O/c26-18-7-5-17(6-8-18)25(14-13-23(30)29-19-9-10-20(29)12-11-19)22-4-2-1-3-21(22)24-27-15-16-28(24)25/h1-8,15-16,19-20H,9-14H2/t19-,20+,25?. The zero-order chi connectivity index (χ0) is 20.3. The van der Waals surface area contributed by atoms with Crippen LogP contribution in [0.25, 0.3) is 11.4 Å². The lowest BCUT2D eigenvalue weighted by Gasteiger charge is -2.34. The second-order valence-electron chi connectivity index (χ2n) is 8.80. The maximum atomic E-state index is 13.3. The molecule has 2 saturated heterocycles. The summed E-state index contributed by atoms with van der Waals surface area (Å²) in [6, 6.07) is 17.5. The van der Waals surface area contributed by atoms with Gasteiger partial charge in [0.25, 0.3) is 0 Å².